The minimum Gasteiger partial charge on any atom is -0.491 e. The maximum atomic E-state index is 5.75. The topological polar surface area (TPSA) is 50.8 Å². The van der Waals surface area contributed by atoms with Gasteiger partial charge < -0.3 is 9.72 Å². The summed E-state index contributed by atoms with van der Waals surface area (Å²) in [5.74, 6) is 1.68. The molecule has 0 spiro atoms. The second-order valence-electron chi connectivity index (χ2n) is 3.35. The molecule has 2 heterocycles. The van der Waals surface area contributed by atoms with E-state index in [9.17, 15) is 0 Å². The second kappa shape index (κ2) is 4.99. The lowest BCUT2D eigenvalue weighted by molar-refractivity contribution is 0.315. The molecule has 0 aliphatic rings. The number of aromatic nitrogens is 3. The van der Waals surface area contributed by atoms with Crippen LogP contribution < -0.4 is 4.74 Å². The van der Waals surface area contributed by atoms with Gasteiger partial charge in [-0.2, -0.15) is 0 Å². The number of imidazole rings is 1. The minimum absolute atomic E-state index is 0.482. The fourth-order valence-corrected chi connectivity index (χ4v) is 1.55. The number of rotatable bonds is 4. The fraction of sp³-hybridized carbons (Fsp3) is 0.273. The number of nitrogens with one attached hydrogen (secondary N) is 1. The van der Waals surface area contributed by atoms with Crippen LogP contribution in [-0.2, 0) is 6.42 Å². The molecule has 0 saturated carbocycles. The summed E-state index contributed by atoms with van der Waals surface area (Å²) < 4.78 is 5.58. The third-order valence-electron chi connectivity index (χ3n) is 2.15. The van der Waals surface area contributed by atoms with Gasteiger partial charge in [-0.05, 0) is 19.1 Å². The Bertz CT molecular complexity index is 456. The van der Waals surface area contributed by atoms with Crippen LogP contribution in [0.4, 0.5) is 0 Å². The summed E-state index contributed by atoms with van der Waals surface area (Å²) in [5.41, 5.74) is 0.798. The first-order valence-electron chi connectivity index (χ1n) is 5.00. The lowest BCUT2D eigenvalue weighted by atomic mass is 10.3. The van der Waals surface area contributed by atoms with E-state index in [1.54, 1.807) is 18.5 Å². The van der Waals surface area contributed by atoms with Gasteiger partial charge in [0.2, 0.25) is 0 Å². The van der Waals surface area contributed by atoms with Gasteiger partial charge in [-0.25, -0.2) is 9.97 Å². The van der Waals surface area contributed by atoms with Crippen LogP contribution >= 0.6 is 11.6 Å². The number of pyridine rings is 1. The molecule has 0 saturated heterocycles. The molecule has 0 aromatic carbocycles. The van der Waals surface area contributed by atoms with Crippen LogP contribution in [0.1, 0.15) is 11.5 Å². The highest BCUT2D eigenvalue weighted by Crippen LogP contribution is 2.18. The lowest BCUT2D eigenvalue weighted by Crippen LogP contribution is -2.04. The number of halogens is 1. The van der Waals surface area contributed by atoms with Gasteiger partial charge in [-0.3, -0.25) is 0 Å². The number of hydrogen-bond donors (Lipinski definition) is 1. The molecule has 0 bridgehead atoms. The number of hydrogen-bond acceptors (Lipinski definition) is 3. The minimum atomic E-state index is 0.482. The average Bonchev–Trinajstić information content (AvgIpc) is 2.74. The number of aromatic amines is 1. The number of H-pyrrole nitrogens is 1. The molecule has 1 N–H and O–H groups in total. The van der Waals surface area contributed by atoms with Crippen LogP contribution in [0.15, 0.2) is 24.5 Å². The van der Waals surface area contributed by atoms with Crippen molar-refractivity contribution in [2.24, 2.45) is 0 Å². The normalized spacial score (nSPS) is 10.4. The number of ether oxygens (including phenoxy) is 1. The monoisotopic (exact) mass is 237 g/mol. The summed E-state index contributed by atoms with van der Waals surface area (Å²) in [4.78, 5) is 11.2. The molecular weight excluding hydrogens is 226 g/mol. The second-order valence-corrected chi connectivity index (χ2v) is 3.74. The molecule has 0 aliphatic carbocycles. The molecule has 0 amide bonds. The summed E-state index contributed by atoms with van der Waals surface area (Å²) in [7, 11) is 0. The van der Waals surface area contributed by atoms with E-state index in [1.807, 2.05) is 13.0 Å². The lowest BCUT2D eigenvalue weighted by Gasteiger charge is -2.07. The molecule has 0 atom stereocenters. The Balaban J connectivity index is 1.90. The zero-order valence-corrected chi connectivity index (χ0v) is 9.66. The zero-order chi connectivity index (χ0) is 11.4. The van der Waals surface area contributed by atoms with E-state index in [0.717, 1.165) is 23.7 Å². The van der Waals surface area contributed by atoms with E-state index in [1.165, 1.54) is 0 Å². The van der Waals surface area contributed by atoms with E-state index < -0.39 is 0 Å². The molecule has 4 nitrogen and oxygen atoms in total. The summed E-state index contributed by atoms with van der Waals surface area (Å²) in [6.07, 6.45) is 4.27. The predicted molar refractivity (Wildman–Crippen MR) is 61.8 cm³/mol. The van der Waals surface area contributed by atoms with Gasteiger partial charge in [0, 0.05) is 18.8 Å². The Morgan fingerprint density at radius 1 is 1.44 bits per heavy atom. The molecule has 2 rings (SSSR count). The molecule has 2 aromatic heterocycles. The van der Waals surface area contributed by atoms with E-state index in [-0.39, 0.29) is 0 Å². The van der Waals surface area contributed by atoms with Crippen LogP contribution in [0.25, 0.3) is 0 Å². The van der Waals surface area contributed by atoms with Crippen molar-refractivity contribution >= 4 is 11.6 Å². The molecule has 5 heteroatoms. The average molecular weight is 238 g/mol. The molecule has 16 heavy (non-hydrogen) atoms. The van der Waals surface area contributed by atoms with Crippen molar-refractivity contribution in [3.63, 3.8) is 0 Å². The Kier molecular flexibility index (Phi) is 3.41. The SMILES string of the molecule is Cc1nc(Cl)ccc1OCCc1ncc[nH]1. The van der Waals surface area contributed by atoms with Gasteiger partial charge in [0.25, 0.3) is 0 Å². The molecule has 2 aromatic rings. The van der Waals surface area contributed by atoms with Gasteiger partial charge in [0.1, 0.15) is 16.7 Å². The third-order valence-corrected chi connectivity index (χ3v) is 2.37. The van der Waals surface area contributed by atoms with Gasteiger partial charge in [-0.15, -0.1) is 0 Å². The Morgan fingerprint density at radius 2 is 2.31 bits per heavy atom. The van der Waals surface area contributed by atoms with Crippen molar-refractivity contribution in [1.29, 1.82) is 0 Å². The van der Waals surface area contributed by atoms with Gasteiger partial charge in [-0.1, -0.05) is 11.6 Å². The summed E-state index contributed by atoms with van der Waals surface area (Å²) >= 11 is 5.75. The highest BCUT2D eigenvalue weighted by molar-refractivity contribution is 6.29. The molecule has 0 aliphatic heterocycles. The van der Waals surface area contributed by atoms with E-state index in [4.69, 9.17) is 16.3 Å². The largest absolute Gasteiger partial charge is 0.491 e. The third kappa shape index (κ3) is 2.73. The van der Waals surface area contributed by atoms with Crippen molar-refractivity contribution in [1.82, 2.24) is 15.0 Å². The maximum Gasteiger partial charge on any atom is 0.140 e. The Morgan fingerprint density at radius 3 is 3.00 bits per heavy atom. The van der Waals surface area contributed by atoms with Crippen LogP contribution in [0.2, 0.25) is 5.15 Å². The van der Waals surface area contributed by atoms with Crippen LogP contribution in [0, 0.1) is 6.92 Å². The summed E-state index contributed by atoms with van der Waals surface area (Å²) in [6.45, 7) is 2.44. The number of nitrogens with zero attached hydrogens (tertiary/aromatic N) is 2. The first-order valence-corrected chi connectivity index (χ1v) is 5.38. The number of aryl methyl sites for hydroxylation is 1. The molecular formula is C11H12ClN3O. The summed E-state index contributed by atoms with van der Waals surface area (Å²) in [5, 5.41) is 0.482. The van der Waals surface area contributed by atoms with Crippen molar-refractivity contribution < 1.29 is 4.74 Å². The zero-order valence-electron chi connectivity index (χ0n) is 8.90. The Hall–Kier alpha value is -1.55. The molecule has 0 fully saturated rings. The first kappa shape index (κ1) is 11.0. The van der Waals surface area contributed by atoms with E-state index >= 15 is 0 Å². The van der Waals surface area contributed by atoms with Crippen molar-refractivity contribution in [2.45, 2.75) is 13.3 Å². The van der Waals surface area contributed by atoms with Gasteiger partial charge in [0.05, 0.1) is 12.3 Å². The standard InChI is InChI=1S/C11H12ClN3O/c1-8-9(2-3-10(12)15-8)16-7-4-11-13-5-6-14-11/h2-3,5-6H,4,7H2,1H3,(H,13,14). The van der Waals surface area contributed by atoms with Gasteiger partial charge >= 0.3 is 0 Å². The maximum absolute atomic E-state index is 5.75. The van der Waals surface area contributed by atoms with Crippen LogP contribution in [-0.4, -0.2) is 21.6 Å². The fourth-order valence-electron chi connectivity index (χ4n) is 1.36. The quantitative estimate of drug-likeness (QED) is 0.831. The highest BCUT2D eigenvalue weighted by atomic mass is 35.5. The molecule has 0 radical (unpaired) electrons. The van der Waals surface area contributed by atoms with Crippen molar-refractivity contribution in [3.8, 4) is 5.75 Å². The first-order chi connectivity index (χ1) is 7.75. The predicted octanol–water partition coefficient (Wildman–Crippen LogP) is 2.39. The molecule has 0 unspecified atom stereocenters. The van der Waals surface area contributed by atoms with E-state index in [0.29, 0.717) is 11.8 Å². The van der Waals surface area contributed by atoms with Crippen LogP contribution in [0.5, 0.6) is 5.75 Å². The Labute approximate surface area is 98.6 Å². The summed E-state index contributed by atoms with van der Waals surface area (Å²) in [6, 6.07) is 3.55. The van der Waals surface area contributed by atoms with Gasteiger partial charge in [0.15, 0.2) is 0 Å². The van der Waals surface area contributed by atoms with Crippen molar-refractivity contribution in [2.75, 3.05) is 6.61 Å². The highest BCUT2D eigenvalue weighted by Gasteiger charge is 2.02. The van der Waals surface area contributed by atoms with E-state index in [2.05, 4.69) is 15.0 Å². The van der Waals surface area contributed by atoms with Crippen molar-refractivity contribution in [3.05, 3.63) is 41.2 Å². The van der Waals surface area contributed by atoms with Crippen LogP contribution in [0.3, 0.4) is 0 Å². The molecule has 84 valence electrons. The smallest absolute Gasteiger partial charge is 0.140 e.